The molecule has 11 aromatic rings. The summed E-state index contributed by atoms with van der Waals surface area (Å²) in [6.07, 6.45) is 2.19. The largest absolute Gasteiger partial charge is 0.316 e. The van der Waals surface area contributed by atoms with Crippen LogP contribution in [0.2, 0.25) is 0 Å². The van der Waals surface area contributed by atoms with Gasteiger partial charge in [-0.3, -0.25) is 0 Å². The standard InChI is InChI=1S/C50H33N3/c1-4-12-34(13-5-1)36-20-27-48-44(32-36)45-33-37(35-14-6-2-7-15-35)21-28-49(45)52(48)39-22-24-40(25-23-39)53-47-19-11-10-18-41(47)42-26-29-46-43(50(42)53)30-31-51(46)38-16-8-3-9-17-38/h1-33H. The number of fused-ring (bicyclic) bond motifs is 8. The summed E-state index contributed by atoms with van der Waals surface area (Å²) in [4.78, 5) is 0. The van der Waals surface area contributed by atoms with E-state index < -0.39 is 0 Å². The molecule has 8 aromatic carbocycles. The molecule has 53 heavy (non-hydrogen) atoms. The first-order valence-electron chi connectivity index (χ1n) is 18.2. The summed E-state index contributed by atoms with van der Waals surface area (Å²) in [6.45, 7) is 0. The van der Waals surface area contributed by atoms with Gasteiger partial charge < -0.3 is 13.7 Å². The summed E-state index contributed by atoms with van der Waals surface area (Å²) in [7, 11) is 0. The van der Waals surface area contributed by atoms with Crippen molar-refractivity contribution in [1.82, 2.24) is 13.7 Å². The molecule has 0 amide bonds. The van der Waals surface area contributed by atoms with E-state index in [-0.39, 0.29) is 0 Å². The Morgan fingerprint density at radius 3 is 1.40 bits per heavy atom. The van der Waals surface area contributed by atoms with Crippen molar-refractivity contribution < 1.29 is 0 Å². The zero-order valence-electron chi connectivity index (χ0n) is 28.9. The van der Waals surface area contributed by atoms with Gasteiger partial charge in [0.2, 0.25) is 0 Å². The fraction of sp³-hybridized carbons (Fsp3) is 0. The van der Waals surface area contributed by atoms with Crippen LogP contribution >= 0.6 is 0 Å². The predicted molar refractivity (Wildman–Crippen MR) is 223 cm³/mol. The van der Waals surface area contributed by atoms with Crippen molar-refractivity contribution >= 4 is 54.5 Å². The lowest BCUT2D eigenvalue weighted by atomic mass is 10.0. The van der Waals surface area contributed by atoms with E-state index in [4.69, 9.17) is 0 Å². The molecule has 0 N–H and O–H groups in total. The average Bonchev–Trinajstić information content (AvgIpc) is 3.92. The summed E-state index contributed by atoms with van der Waals surface area (Å²) in [6, 6.07) is 70.4. The maximum atomic E-state index is 2.44. The molecule has 0 fully saturated rings. The molecule has 0 unspecified atom stereocenters. The van der Waals surface area contributed by atoms with E-state index in [2.05, 4.69) is 214 Å². The van der Waals surface area contributed by atoms with Crippen molar-refractivity contribution in [2.75, 3.05) is 0 Å². The molecule has 0 saturated heterocycles. The zero-order valence-corrected chi connectivity index (χ0v) is 28.9. The van der Waals surface area contributed by atoms with E-state index in [1.54, 1.807) is 0 Å². The summed E-state index contributed by atoms with van der Waals surface area (Å²) in [5.41, 5.74) is 14.3. The van der Waals surface area contributed by atoms with Crippen molar-refractivity contribution in [2.45, 2.75) is 0 Å². The van der Waals surface area contributed by atoms with Gasteiger partial charge in [-0.05, 0) is 101 Å². The van der Waals surface area contributed by atoms with Crippen molar-refractivity contribution in [1.29, 1.82) is 0 Å². The Morgan fingerprint density at radius 1 is 0.264 bits per heavy atom. The highest BCUT2D eigenvalue weighted by Crippen LogP contribution is 2.40. The van der Waals surface area contributed by atoms with E-state index in [0.717, 1.165) is 17.1 Å². The van der Waals surface area contributed by atoms with Gasteiger partial charge in [0.15, 0.2) is 0 Å². The van der Waals surface area contributed by atoms with Crippen LogP contribution in [0.1, 0.15) is 0 Å². The summed E-state index contributed by atoms with van der Waals surface area (Å²) >= 11 is 0. The molecular formula is C50H33N3. The van der Waals surface area contributed by atoms with Gasteiger partial charge in [0.25, 0.3) is 0 Å². The molecule has 3 nitrogen and oxygen atoms in total. The lowest BCUT2D eigenvalue weighted by molar-refractivity contribution is 1.13. The van der Waals surface area contributed by atoms with Crippen molar-refractivity contribution in [2.24, 2.45) is 0 Å². The molecule has 3 heterocycles. The molecule has 0 radical (unpaired) electrons. The van der Waals surface area contributed by atoms with Gasteiger partial charge in [-0.25, -0.2) is 0 Å². The van der Waals surface area contributed by atoms with Crippen LogP contribution in [0.5, 0.6) is 0 Å². The normalized spacial score (nSPS) is 11.8. The number of aromatic nitrogens is 3. The van der Waals surface area contributed by atoms with Gasteiger partial charge in [0.1, 0.15) is 0 Å². The summed E-state index contributed by atoms with van der Waals surface area (Å²) in [5.74, 6) is 0. The van der Waals surface area contributed by atoms with Gasteiger partial charge in [0.05, 0.1) is 27.6 Å². The summed E-state index contributed by atoms with van der Waals surface area (Å²) < 4.78 is 7.15. The highest BCUT2D eigenvalue weighted by molar-refractivity contribution is 6.18. The maximum absolute atomic E-state index is 2.44. The van der Waals surface area contributed by atoms with Crippen molar-refractivity contribution in [3.05, 3.63) is 200 Å². The highest BCUT2D eigenvalue weighted by Gasteiger charge is 2.18. The highest BCUT2D eigenvalue weighted by atomic mass is 15.0. The third kappa shape index (κ3) is 4.61. The van der Waals surface area contributed by atoms with Crippen LogP contribution < -0.4 is 0 Å². The minimum absolute atomic E-state index is 1.13. The fourth-order valence-electron chi connectivity index (χ4n) is 8.43. The van der Waals surface area contributed by atoms with Crippen LogP contribution in [-0.2, 0) is 0 Å². The third-order valence-corrected chi connectivity index (χ3v) is 10.9. The SMILES string of the molecule is c1ccc(-c2ccc3c(c2)c2cc(-c4ccccc4)ccc2n3-c2ccc(-n3c4ccccc4c4ccc5c(ccn5-c5ccccc5)c43)cc2)cc1. The number of benzene rings is 8. The lowest BCUT2D eigenvalue weighted by Crippen LogP contribution is -1.98. The maximum Gasteiger partial charge on any atom is 0.0635 e. The Kier molecular flexibility index (Phi) is 6.55. The Labute approximate surface area is 306 Å². The molecule has 3 aromatic heterocycles. The van der Waals surface area contributed by atoms with E-state index in [1.165, 1.54) is 76.8 Å². The lowest BCUT2D eigenvalue weighted by Gasteiger charge is -2.13. The third-order valence-electron chi connectivity index (χ3n) is 10.9. The topological polar surface area (TPSA) is 14.8 Å². The zero-order chi connectivity index (χ0) is 34.9. The average molecular weight is 676 g/mol. The van der Waals surface area contributed by atoms with Gasteiger partial charge in [-0.1, -0.05) is 115 Å². The second-order valence-electron chi connectivity index (χ2n) is 13.8. The number of rotatable bonds is 5. The Bertz CT molecular complexity index is 3030. The first-order valence-corrected chi connectivity index (χ1v) is 18.2. The molecule has 0 atom stereocenters. The van der Waals surface area contributed by atoms with Crippen LogP contribution in [0.15, 0.2) is 200 Å². The van der Waals surface area contributed by atoms with E-state index in [0.29, 0.717) is 0 Å². The number of hydrogen-bond donors (Lipinski definition) is 0. The van der Waals surface area contributed by atoms with Crippen LogP contribution in [0.3, 0.4) is 0 Å². The quantitative estimate of drug-likeness (QED) is 0.172. The molecule has 248 valence electrons. The molecular weight excluding hydrogens is 643 g/mol. The second-order valence-corrected chi connectivity index (χ2v) is 13.8. The predicted octanol–water partition coefficient (Wildman–Crippen LogP) is 13.2. The van der Waals surface area contributed by atoms with E-state index >= 15 is 0 Å². The van der Waals surface area contributed by atoms with Crippen molar-refractivity contribution in [3.8, 4) is 39.3 Å². The Hall–Kier alpha value is -7.10. The molecule has 0 spiro atoms. The molecule has 0 bridgehead atoms. The molecule has 0 aliphatic carbocycles. The minimum Gasteiger partial charge on any atom is -0.316 e. The molecule has 0 aliphatic heterocycles. The van der Waals surface area contributed by atoms with Crippen LogP contribution in [0.25, 0.3) is 93.8 Å². The Balaban J connectivity index is 1.11. The molecule has 3 heteroatoms. The minimum atomic E-state index is 1.13. The van der Waals surface area contributed by atoms with Crippen LogP contribution in [-0.4, -0.2) is 13.7 Å². The van der Waals surface area contributed by atoms with E-state index in [9.17, 15) is 0 Å². The van der Waals surface area contributed by atoms with Crippen molar-refractivity contribution in [3.63, 3.8) is 0 Å². The van der Waals surface area contributed by atoms with Gasteiger partial charge in [0, 0.05) is 50.2 Å². The summed E-state index contributed by atoms with van der Waals surface area (Å²) in [5, 5.41) is 6.24. The first kappa shape index (κ1) is 29.6. The van der Waals surface area contributed by atoms with Gasteiger partial charge in [-0.2, -0.15) is 0 Å². The number of para-hydroxylation sites is 2. The van der Waals surface area contributed by atoms with Crippen LogP contribution in [0.4, 0.5) is 0 Å². The van der Waals surface area contributed by atoms with Crippen LogP contribution in [0, 0.1) is 0 Å². The number of nitrogens with zero attached hydrogens (tertiary/aromatic N) is 3. The van der Waals surface area contributed by atoms with Gasteiger partial charge >= 0.3 is 0 Å². The molecule has 0 aliphatic rings. The number of hydrogen-bond acceptors (Lipinski definition) is 0. The fourth-order valence-corrected chi connectivity index (χ4v) is 8.43. The smallest absolute Gasteiger partial charge is 0.0635 e. The first-order chi connectivity index (χ1) is 26.3. The van der Waals surface area contributed by atoms with E-state index in [1.807, 2.05) is 0 Å². The second kappa shape index (κ2) is 11.7. The van der Waals surface area contributed by atoms with Gasteiger partial charge in [-0.15, -0.1) is 0 Å². The monoisotopic (exact) mass is 675 g/mol. The Morgan fingerprint density at radius 2 is 0.774 bits per heavy atom. The molecule has 0 saturated carbocycles. The molecule has 11 rings (SSSR count).